The van der Waals surface area contributed by atoms with Crippen LogP contribution in [-0.2, 0) is 4.79 Å². The lowest BCUT2D eigenvalue weighted by molar-refractivity contribution is -0.112. The Morgan fingerprint density at radius 2 is 1.86 bits per heavy atom. The minimum absolute atomic E-state index is 0.0467. The molecule has 2 aromatic rings. The number of nitrogens with one attached hydrogen (secondary N) is 1. The van der Waals surface area contributed by atoms with Crippen molar-refractivity contribution in [1.29, 1.82) is 5.26 Å². The molecule has 1 aliphatic heterocycles. The summed E-state index contributed by atoms with van der Waals surface area (Å²) in [4.78, 5) is 14.9. The Morgan fingerprint density at radius 3 is 2.48 bits per heavy atom. The predicted octanol–water partition coefficient (Wildman–Crippen LogP) is 5.56. The van der Waals surface area contributed by atoms with E-state index in [2.05, 4.69) is 56.1 Å². The molecular weight excluding hydrogens is 358 g/mol. The summed E-state index contributed by atoms with van der Waals surface area (Å²) in [6.45, 7) is 11.6. The van der Waals surface area contributed by atoms with Crippen LogP contribution in [0.15, 0.2) is 54.1 Å². The zero-order valence-electron chi connectivity index (χ0n) is 17.7. The van der Waals surface area contributed by atoms with Gasteiger partial charge in [0.1, 0.15) is 11.6 Å². The largest absolute Gasteiger partial charge is 0.363 e. The third-order valence-electron chi connectivity index (χ3n) is 5.30. The van der Waals surface area contributed by atoms with Crippen LogP contribution in [0.25, 0.3) is 11.6 Å². The molecule has 0 bridgehead atoms. The number of nitrogens with zero attached hydrogens (tertiary/aromatic N) is 2. The molecule has 0 saturated carbocycles. The Labute approximate surface area is 173 Å². The highest BCUT2D eigenvalue weighted by molar-refractivity contribution is 6.09. The monoisotopic (exact) mass is 385 g/mol. The number of rotatable bonds is 4. The summed E-state index contributed by atoms with van der Waals surface area (Å²) < 4.78 is 0. The Balaban J connectivity index is 1.91. The molecule has 0 unspecified atom stereocenters. The number of carbonyl (C=O) groups is 1. The quantitative estimate of drug-likeness (QED) is 0.553. The third-order valence-corrected chi connectivity index (χ3v) is 5.30. The third kappa shape index (κ3) is 4.25. The van der Waals surface area contributed by atoms with E-state index in [0.717, 1.165) is 23.2 Å². The van der Waals surface area contributed by atoms with Crippen molar-refractivity contribution >= 4 is 28.9 Å². The molecule has 0 saturated heterocycles. The van der Waals surface area contributed by atoms with Gasteiger partial charge < -0.3 is 10.2 Å². The highest BCUT2D eigenvalue weighted by Gasteiger charge is 2.30. The lowest BCUT2D eigenvalue weighted by Crippen LogP contribution is -2.44. The first-order valence-corrected chi connectivity index (χ1v) is 9.86. The van der Waals surface area contributed by atoms with E-state index < -0.39 is 5.91 Å². The molecule has 0 radical (unpaired) electrons. The van der Waals surface area contributed by atoms with Crippen molar-refractivity contribution in [3.05, 3.63) is 70.8 Å². The lowest BCUT2D eigenvalue weighted by atomic mass is 9.88. The number of hydrogen-bond donors (Lipinski definition) is 1. The average molecular weight is 386 g/mol. The fourth-order valence-corrected chi connectivity index (χ4v) is 3.92. The number of nitriles is 1. The van der Waals surface area contributed by atoms with E-state index in [-0.39, 0.29) is 11.1 Å². The number of hydrogen-bond acceptors (Lipinski definition) is 3. The number of likely N-dealkylation sites (N-methyl/N-ethyl adjacent to an activating group) is 1. The molecule has 2 aromatic carbocycles. The summed E-state index contributed by atoms with van der Waals surface area (Å²) >= 11 is 0. The number of aryl methyl sites for hydroxylation is 1. The number of benzene rings is 2. The van der Waals surface area contributed by atoms with Crippen molar-refractivity contribution in [3.8, 4) is 6.07 Å². The van der Waals surface area contributed by atoms with Crippen molar-refractivity contribution in [3.63, 3.8) is 0 Å². The molecule has 1 heterocycles. The van der Waals surface area contributed by atoms with Gasteiger partial charge in [-0.3, -0.25) is 4.79 Å². The van der Waals surface area contributed by atoms with Crippen molar-refractivity contribution in [2.24, 2.45) is 0 Å². The van der Waals surface area contributed by atoms with Gasteiger partial charge in [-0.05, 0) is 76.1 Å². The van der Waals surface area contributed by atoms with Gasteiger partial charge in [-0.2, -0.15) is 5.26 Å². The molecule has 0 atom stereocenters. The first-order valence-electron chi connectivity index (χ1n) is 9.86. The number of amides is 1. The molecule has 4 heteroatoms. The second kappa shape index (κ2) is 7.97. The first-order chi connectivity index (χ1) is 13.7. The standard InChI is InChI=1S/C25H27N3O/c1-6-28-23-12-9-19(14-22(23)18(3)15-25(28,4)5)13-20(16-26)24(29)27-21-10-7-17(2)8-11-21/h7-15H,6H2,1-5H3,(H,27,29)/b20-13-. The topological polar surface area (TPSA) is 56.1 Å². The molecule has 1 aliphatic rings. The second-order valence-corrected chi connectivity index (χ2v) is 7.99. The first kappa shape index (κ1) is 20.4. The Kier molecular flexibility index (Phi) is 5.61. The Morgan fingerprint density at radius 1 is 1.17 bits per heavy atom. The summed E-state index contributed by atoms with van der Waals surface area (Å²) in [5, 5.41) is 12.3. The van der Waals surface area contributed by atoms with E-state index in [1.807, 2.05) is 43.3 Å². The highest BCUT2D eigenvalue weighted by Crippen LogP contribution is 2.39. The van der Waals surface area contributed by atoms with Gasteiger partial charge in [-0.25, -0.2) is 0 Å². The number of fused-ring (bicyclic) bond motifs is 1. The van der Waals surface area contributed by atoms with Crippen LogP contribution in [0.5, 0.6) is 0 Å². The Hall–Kier alpha value is -3.32. The number of anilines is 2. The lowest BCUT2D eigenvalue weighted by Gasteiger charge is -2.42. The minimum atomic E-state index is -0.405. The predicted molar refractivity (Wildman–Crippen MR) is 121 cm³/mol. The van der Waals surface area contributed by atoms with Crippen molar-refractivity contribution in [2.45, 2.75) is 40.2 Å². The number of allylic oxidation sites excluding steroid dienone is 1. The SMILES string of the molecule is CCN1c2ccc(/C=C(/C#N)C(=O)Nc3ccc(C)cc3)cc2C(C)=CC1(C)C. The molecule has 4 nitrogen and oxygen atoms in total. The van der Waals surface area contributed by atoms with Crippen LogP contribution in [0, 0.1) is 18.3 Å². The van der Waals surface area contributed by atoms with Crippen molar-refractivity contribution in [2.75, 3.05) is 16.8 Å². The summed E-state index contributed by atoms with van der Waals surface area (Å²) in [6.07, 6.45) is 3.91. The maximum absolute atomic E-state index is 12.5. The summed E-state index contributed by atoms with van der Waals surface area (Å²) in [7, 11) is 0. The molecule has 3 rings (SSSR count). The van der Waals surface area contributed by atoms with Gasteiger partial charge in [0.15, 0.2) is 0 Å². The fourth-order valence-electron chi connectivity index (χ4n) is 3.92. The molecule has 1 amide bonds. The maximum Gasteiger partial charge on any atom is 0.266 e. The smallest absolute Gasteiger partial charge is 0.266 e. The van der Waals surface area contributed by atoms with Gasteiger partial charge in [0.25, 0.3) is 5.91 Å². The molecule has 0 aromatic heterocycles. The second-order valence-electron chi connectivity index (χ2n) is 7.99. The van der Waals surface area contributed by atoms with Gasteiger partial charge in [-0.15, -0.1) is 0 Å². The fraction of sp³-hybridized carbons (Fsp3) is 0.280. The van der Waals surface area contributed by atoms with Crippen LogP contribution in [0.1, 0.15) is 44.4 Å². The molecule has 0 aliphatic carbocycles. The van der Waals surface area contributed by atoms with Crippen molar-refractivity contribution < 1.29 is 4.79 Å². The molecule has 29 heavy (non-hydrogen) atoms. The van der Waals surface area contributed by atoms with Gasteiger partial charge in [0.2, 0.25) is 0 Å². The average Bonchev–Trinajstić information content (AvgIpc) is 2.67. The van der Waals surface area contributed by atoms with Gasteiger partial charge >= 0.3 is 0 Å². The molecule has 0 spiro atoms. The zero-order chi connectivity index (χ0) is 21.2. The van der Waals surface area contributed by atoms with E-state index in [0.29, 0.717) is 5.69 Å². The summed E-state index contributed by atoms with van der Waals surface area (Å²) in [5.41, 5.74) is 6.17. The number of carbonyl (C=O) groups excluding carboxylic acids is 1. The highest BCUT2D eigenvalue weighted by atomic mass is 16.1. The van der Waals surface area contributed by atoms with E-state index in [9.17, 15) is 10.1 Å². The summed E-state index contributed by atoms with van der Waals surface area (Å²) in [5.74, 6) is -0.405. The van der Waals surface area contributed by atoms with E-state index in [4.69, 9.17) is 0 Å². The molecule has 1 N–H and O–H groups in total. The van der Waals surface area contributed by atoms with Gasteiger partial charge in [0.05, 0.1) is 5.54 Å². The zero-order valence-corrected chi connectivity index (χ0v) is 17.7. The van der Waals surface area contributed by atoms with Crippen LogP contribution >= 0.6 is 0 Å². The molecular formula is C25H27N3O. The van der Waals surface area contributed by atoms with Crippen LogP contribution in [-0.4, -0.2) is 18.0 Å². The molecule has 0 fully saturated rings. The minimum Gasteiger partial charge on any atom is -0.363 e. The van der Waals surface area contributed by atoms with Crippen LogP contribution in [0.3, 0.4) is 0 Å². The van der Waals surface area contributed by atoms with Crippen LogP contribution in [0.4, 0.5) is 11.4 Å². The van der Waals surface area contributed by atoms with Gasteiger partial charge in [0, 0.05) is 23.5 Å². The van der Waals surface area contributed by atoms with Gasteiger partial charge in [-0.1, -0.05) is 29.8 Å². The van der Waals surface area contributed by atoms with Crippen LogP contribution in [0.2, 0.25) is 0 Å². The molecule has 148 valence electrons. The maximum atomic E-state index is 12.5. The van der Waals surface area contributed by atoms with Crippen molar-refractivity contribution in [1.82, 2.24) is 0 Å². The van der Waals surface area contributed by atoms with Crippen LogP contribution < -0.4 is 10.2 Å². The Bertz CT molecular complexity index is 1040. The normalized spacial score (nSPS) is 15.2. The summed E-state index contributed by atoms with van der Waals surface area (Å²) in [6, 6.07) is 15.6. The van der Waals surface area contributed by atoms with E-state index in [1.54, 1.807) is 6.08 Å². The van der Waals surface area contributed by atoms with E-state index in [1.165, 1.54) is 11.3 Å². The van der Waals surface area contributed by atoms with E-state index >= 15 is 0 Å².